The molecule has 0 spiro atoms. The van der Waals surface area contributed by atoms with E-state index in [9.17, 15) is 0 Å². The Morgan fingerprint density at radius 2 is 2.16 bits per heavy atom. The second-order valence-electron chi connectivity index (χ2n) is 4.85. The summed E-state index contributed by atoms with van der Waals surface area (Å²) in [6, 6.07) is 7.41. The van der Waals surface area contributed by atoms with Crippen molar-refractivity contribution in [3.8, 4) is 6.07 Å². The lowest BCUT2D eigenvalue weighted by atomic mass is 10.0. The third-order valence-electron chi connectivity index (χ3n) is 3.34. The lowest BCUT2D eigenvalue weighted by Gasteiger charge is -2.15. The van der Waals surface area contributed by atoms with E-state index < -0.39 is 0 Å². The SMILES string of the molecule is CCCCC(CC)COCc1ccc(C#N)cc1Cl. The molecule has 0 aliphatic heterocycles. The molecule has 0 aliphatic carbocycles. The number of halogens is 1. The standard InChI is InChI=1S/C16H22ClNO/c1-3-5-6-13(4-2)11-19-12-15-8-7-14(10-18)9-16(15)17/h7-9,13H,3-6,11-12H2,1-2H3. The molecule has 1 aromatic carbocycles. The molecular weight excluding hydrogens is 258 g/mol. The quantitative estimate of drug-likeness (QED) is 0.675. The van der Waals surface area contributed by atoms with Gasteiger partial charge in [-0.15, -0.1) is 0 Å². The highest BCUT2D eigenvalue weighted by molar-refractivity contribution is 6.31. The average molecular weight is 280 g/mol. The van der Waals surface area contributed by atoms with Gasteiger partial charge < -0.3 is 4.74 Å². The highest BCUT2D eigenvalue weighted by atomic mass is 35.5. The molecule has 1 aromatic rings. The third-order valence-corrected chi connectivity index (χ3v) is 3.69. The van der Waals surface area contributed by atoms with E-state index in [1.807, 2.05) is 6.07 Å². The van der Waals surface area contributed by atoms with Crippen LogP contribution in [0.25, 0.3) is 0 Å². The van der Waals surface area contributed by atoms with Gasteiger partial charge in [-0.25, -0.2) is 0 Å². The van der Waals surface area contributed by atoms with Crippen molar-refractivity contribution < 1.29 is 4.74 Å². The Bertz CT molecular complexity index is 425. The zero-order chi connectivity index (χ0) is 14.1. The monoisotopic (exact) mass is 279 g/mol. The van der Waals surface area contributed by atoms with E-state index >= 15 is 0 Å². The van der Waals surface area contributed by atoms with Crippen molar-refractivity contribution in [2.24, 2.45) is 5.92 Å². The zero-order valence-electron chi connectivity index (χ0n) is 11.8. The van der Waals surface area contributed by atoms with Gasteiger partial charge in [-0.3, -0.25) is 0 Å². The average Bonchev–Trinajstić information content (AvgIpc) is 2.44. The molecule has 0 heterocycles. The second-order valence-corrected chi connectivity index (χ2v) is 5.26. The minimum atomic E-state index is 0.521. The Hall–Kier alpha value is -1.04. The second kappa shape index (κ2) is 8.96. The first-order valence-corrected chi connectivity index (χ1v) is 7.35. The number of hydrogen-bond donors (Lipinski definition) is 0. The van der Waals surface area contributed by atoms with Crippen molar-refractivity contribution in [3.05, 3.63) is 34.3 Å². The number of hydrogen-bond acceptors (Lipinski definition) is 2. The minimum absolute atomic E-state index is 0.521. The summed E-state index contributed by atoms with van der Waals surface area (Å²) in [4.78, 5) is 0. The molecule has 1 rings (SSSR count). The molecule has 0 radical (unpaired) electrons. The molecule has 1 unspecified atom stereocenters. The van der Waals surface area contributed by atoms with E-state index in [0.717, 1.165) is 18.6 Å². The molecular formula is C16H22ClNO. The van der Waals surface area contributed by atoms with Crippen molar-refractivity contribution in [2.75, 3.05) is 6.61 Å². The van der Waals surface area contributed by atoms with Crippen LogP contribution in [0.15, 0.2) is 18.2 Å². The van der Waals surface area contributed by atoms with Gasteiger partial charge in [-0.2, -0.15) is 5.26 Å². The summed E-state index contributed by atoms with van der Waals surface area (Å²) in [5.41, 5.74) is 1.54. The summed E-state index contributed by atoms with van der Waals surface area (Å²) in [6.45, 7) is 5.72. The van der Waals surface area contributed by atoms with Gasteiger partial charge in [-0.05, 0) is 30.0 Å². The van der Waals surface area contributed by atoms with Crippen LogP contribution < -0.4 is 0 Å². The Morgan fingerprint density at radius 3 is 2.74 bits per heavy atom. The van der Waals surface area contributed by atoms with Gasteiger partial charge in [0.25, 0.3) is 0 Å². The number of nitriles is 1. The fraction of sp³-hybridized carbons (Fsp3) is 0.562. The first kappa shape index (κ1) is 16.0. The topological polar surface area (TPSA) is 33.0 Å². The van der Waals surface area contributed by atoms with E-state index in [1.54, 1.807) is 12.1 Å². The van der Waals surface area contributed by atoms with E-state index in [0.29, 0.717) is 23.1 Å². The van der Waals surface area contributed by atoms with Crippen molar-refractivity contribution in [3.63, 3.8) is 0 Å². The van der Waals surface area contributed by atoms with E-state index in [1.165, 1.54) is 19.3 Å². The van der Waals surface area contributed by atoms with Crippen LogP contribution in [0, 0.1) is 17.2 Å². The molecule has 19 heavy (non-hydrogen) atoms. The van der Waals surface area contributed by atoms with Crippen LogP contribution in [0.2, 0.25) is 5.02 Å². The fourth-order valence-electron chi connectivity index (χ4n) is 1.97. The minimum Gasteiger partial charge on any atom is -0.376 e. The van der Waals surface area contributed by atoms with Crippen LogP contribution in [0.5, 0.6) is 0 Å². The number of nitrogens with zero attached hydrogens (tertiary/aromatic N) is 1. The van der Waals surface area contributed by atoms with Crippen LogP contribution in [-0.4, -0.2) is 6.61 Å². The lowest BCUT2D eigenvalue weighted by molar-refractivity contribution is 0.0820. The van der Waals surface area contributed by atoms with Gasteiger partial charge >= 0.3 is 0 Å². The molecule has 3 heteroatoms. The van der Waals surface area contributed by atoms with Crippen LogP contribution >= 0.6 is 11.6 Å². The molecule has 0 aliphatic rings. The maximum absolute atomic E-state index is 8.78. The summed E-state index contributed by atoms with van der Waals surface area (Å²) in [5.74, 6) is 0.636. The summed E-state index contributed by atoms with van der Waals surface area (Å²) >= 11 is 6.11. The molecule has 2 nitrogen and oxygen atoms in total. The van der Waals surface area contributed by atoms with Gasteiger partial charge in [0.1, 0.15) is 0 Å². The van der Waals surface area contributed by atoms with Crippen LogP contribution in [0.3, 0.4) is 0 Å². The Kier molecular flexibility index (Phi) is 7.55. The van der Waals surface area contributed by atoms with Crippen LogP contribution in [0.4, 0.5) is 0 Å². The number of unbranched alkanes of at least 4 members (excludes halogenated alkanes) is 1. The maximum atomic E-state index is 8.78. The van der Waals surface area contributed by atoms with Crippen molar-refractivity contribution in [1.29, 1.82) is 5.26 Å². The normalized spacial score (nSPS) is 12.1. The number of rotatable bonds is 8. The smallest absolute Gasteiger partial charge is 0.0992 e. The van der Waals surface area contributed by atoms with Crippen molar-refractivity contribution >= 4 is 11.6 Å². The third kappa shape index (κ3) is 5.63. The Balaban J connectivity index is 2.42. The molecule has 1 atom stereocenters. The van der Waals surface area contributed by atoms with Crippen LogP contribution in [-0.2, 0) is 11.3 Å². The molecule has 0 saturated heterocycles. The largest absolute Gasteiger partial charge is 0.376 e. The summed E-state index contributed by atoms with van der Waals surface area (Å²) in [7, 11) is 0. The first-order valence-electron chi connectivity index (χ1n) is 6.97. The molecule has 0 bridgehead atoms. The highest BCUT2D eigenvalue weighted by Crippen LogP contribution is 2.20. The molecule has 0 saturated carbocycles. The summed E-state index contributed by atoms with van der Waals surface area (Å²) in [6.07, 6.45) is 4.88. The van der Waals surface area contributed by atoms with E-state index in [4.69, 9.17) is 21.6 Å². The fourth-order valence-corrected chi connectivity index (χ4v) is 2.20. The predicted molar refractivity (Wildman–Crippen MR) is 79.1 cm³/mol. The Morgan fingerprint density at radius 1 is 1.37 bits per heavy atom. The summed E-state index contributed by atoms with van der Waals surface area (Å²) < 4.78 is 5.76. The van der Waals surface area contributed by atoms with Gasteiger partial charge in [0.05, 0.1) is 18.2 Å². The van der Waals surface area contributed by atoms with E-state index in [-0.39, 0.29) is 0 Å². The van der Waals surface area contributed by atoms with Crippen molar-refractivity contribution in [2.45, 2.75) is 46.1 Å². The summed E-state index contributed by atoms with van der Waals surface area (Å²) in [5, 5.41) is 9.39. The maximum Gasteiger partial charge on any atom is 0.0992 e. The molecule has 0 fully saturated rings. The molecule has 0 N–H and O–H groups in total. The Labute approximate surface area is 121 Å². The van der Waals surface area contributed by atoms with Gasteiger partial charge in [0.2, 0.25) is 0 Å². The molecule has 0 aromatic heterocycles. The van der Waals surface area contributed by atoms with E-state index in [2.05, 4.69) is 19.9 Å². The zero-order valence-corrected chi connectivity index (χ0v) is 12.5. The number of benzene rings is 1. The highest BCUT2D eigenvalue weighted by Gasteiger charge is 2.07. The van der Waals surface area contributed by atoms with Gasteiger partial charge in [0, 0.05) is 11.6 Å². The molecule has 0 amide bonds. The molecule has 104 valence electrons. The lowest BCUT2D eigenvalue weighted by Crippen LogP contribution is -2.09. The first-order chi connectivity index (χ1) is 9.21. The van der Waals surface area contributed by atoms with Crippen LogP contribution in [0.1, 0.15) is 50.7 Å². The van der Waals surface area contributed by atoms with Crippen molar-refractivity contribution in [1.82, 2.24) is 0 Å². The van der Waals surface area contributed by atoms with Gasteiger partial charge in [0.15, 0.2) is 0 Å². The number of ether oxygens (including phenoxy) is 1. The van der Waals surface area contributed by atoms with Gasteiger partial charge in [-0.1, -0.05) is 50.8 Å². The predicted octanol–water partition coefficient (Wildman–Crippen LogP) is 4.94.